The van der Waals surface area contributed by atoms with Crippen molar-refractivity contribution in [2.45, 2.75) is 13.0 Å². The monoisotopic (exact) mass is 313 g/mol. The maximum Gasteiger partial charge on any atom is 0.124 e. The number of rotatable bonds is 5. The molecule has 1 aromatic heterocycles. The molecule has 0 saturated heterocycles. The van der Waals surface area contributed by atoms with Gasteiger partial charge in [0.15, 0.2) is 0 Å². The molecule has 0 amide bonds. The van der Waals surface area contributed by atoms with E-state index in [1.807, 2.05) is 6.07 Å². The molecule has 2 aromatic rings. The summed E-state index contributed by atoms with van der Waals surface area (Å²) >= 11 is 5.00. The lowest BCUT2D eigenvalue weighted by Crippen LogP contribution is -2.16. The van der Waals surface area contributed by atoms with E-state index >= 15 is 0 Å². The Kier molecular flexibility index (Phi) is 4.71. The van der Waals surface area contributed by atoms with Crippen LogP contribution in [0.5, 0.6) is 0 Å². The van der Waals surface area contributed by atoms with Crippen molar-refractivity contribution in [1.82, 2.24) is 5.32 Å². The molecule has 0 radical (unpaired) electrons. The smallest absolute Gasteiger partial charge is 0.124 e. The summed E-state index contributed by atoms with van der Waals surface area (Å²) in [5.41, 5.74) is 2.31. The summed E-state index contributed by atoms with van der Waals surface area (Å²) in [6, 6.07) is 7.09. The Hall–Kier alpha value is -0.710. The predicted molar refractivity (Wildman–Crippen MR) is 73.8 cm³/mol. The third-order valence-corrected chi connectivity index (χ3v) is 3.61. The SMILES string of the molecule is Fc1cc(Br)cc(CNCCc2ccsc2)c1. The normalized spacial score (nSPS) is 10.7. The zero-order valence-electron chi connectivity index (χ0n) is 9.25. The van der Waals surface area contributed by atoms with Gasteiger partial charge in [0.2, 0.25) is 0 Å². The summed E-state index contributed by atoms with van der Waals surface area (Å²) in [5.74, 6) is -0.200. The lowest BCUT2D eigenvalue weighted by atomic mass is 10.2. The molecule has 17 heavy (non-hydrogen) atoms. The van der Waals surface area contributed by atoms with Crippen LogP contribution in [0.15, 0.2) is 39.5 Å². The zero-order valence-corrected chi connectivity index (χ0v) is 11.7. The largest absolute Gasteiger partial charge is 0.312 e. The van der Waals surface area contributed by atoms with Crippen molar-refractivity contribution in [2.24, 2.45) is 0 Å². The van der Waals surface area contributed by atoms with E-state index in [9.17, 15) is 4.39 Å². The zero-order chi connectivity index (χ0) is 12.1. The Morgan fingerprint density at radius 1 is 1.24 bits per heavy atom. The van der Waals surface area contributed by atoms with Crippen LogP contribution in [0, 0.1) is 5.82 Å². The second kappa shape index (κ2) is 6.28. The fourth-order valence-corrected chi connectivity index (χ4v) is 2.83. The van der Waals surface area contributed by atoms with Crippen molar-refractivity contribution in [2.75, 3.05) is 6.54 Å². The van der Waals surface area contributed by atoms with E-state index in [2.05, 4.69) is 38.1 Å². The van der Waals surface area contributed by atoms with Crippen LogP contribution in [-0.2, 0) is 13.0 Å². The number of halogens is 2. The highest BCUT2D eigenvalue weighted by atomic mass is 79.9. The summed E-state index contributed by atoms with van der Waals surface area (Å²) in [6.07, 6.45) is 1.01. The molecule has 1 N–H and O–H groups in total. The van der Waals surface area contributed by atoms with Crippen molar-refractivity contribution in [1.29, 1.82) is 0 Å². The van der Waals surface area contributed by atoms with Crippen molar-refractivity contribution >= 4 is 27.3 Å². The average Bonchev–Trinajstić information content (AvgIpc) is 2.76. The van der Waals surface area contributed by atoms with Gasteiger partial charge in [-0.1, -0.05) is 15.9 Å². The van der Waals surface area contributed by atoms with Crippen LogP contribution in [0.1, 0.15) is 11.1 Å². The molecule has 0 aliphatic carbocycles. The molecule has 0 bridgehead atoms. The highest BCUT2D eigenvalue weighted by Gasteiger charge is 1.99. The van der Waals surface area contributed by atoms with E-state index in [1.165, 1.54) is 11.6 Å². The minimum Gasteiger partial charge on any atom is -0.312 e. The first-order valence-electron chi connectivity index (χ1n) is 5.41. The Morgan fingerprint density at radius 3 is 2.82 bits per heavy atom. The van der Waals surface area contributed by atoms with Crippen molar-refractivity contribution in [3.63, 3.8) is 0 Å². The quantitative estimate of drug-likeness (QED) is 0.823. The predicted octanol–water partition coefficient (Wildman–Crippen LogP) is 3.98. The molecule has 0 aliphatic heterocycles. The van der Waals surface area contributed by atoms with E-state index in [0.717, 1.165) is 23.0 Å². The molecule has 4 heteroatoms. The van der Waals surface area contributed by atoms with Crippen LogP contribution in [-0.4, -0.2) is 6.54 Å². The summed E-state index contributed by atoms with van der Waals surface area (Å²) in [6.45, 7) is 1.60. The average molecular weight is 314 g/mol. The maximum absolute atomic E-state index is 13.1. The summed E-state index contributed by atoms with van der Waals surface area (Å²) in [7, 11) is 0. The van der Waals surface area contributed by atoms with Gasteiger partial charge in [0.25, 0.3) is 0 Å². The molecule has 2 rings (SSSR count). The fraction of sp³-hybridized carbons (Fsp3) is 0.231. The van der Waals surface area contributed by atoms with E-state index in [4.69, 9.17) is 0 Å². The third-order valence-electron chi connectivity index (χ3n) is 2.42. The Labute approximate surface area is 113 Å². The molecule has 0 aliphatic rings. The molecule has 1 aromatic carbocycles. The van der Waals surface area contributed by atoms with Gasteiger partial charge in [-0.3, -0.25) is 0 Å². The van der Waals surface area contributed by atoms with Crippen LogP contribution >= 0.6 is 27.3 Å². The number of hydrogen-bond donors (Lipinski definition) is 1. The van der Waals surface area contributed by atoms with Crippen LogP contribution in [0.2, 0.25) is 0 Å². The van der Waals surface area contributed by atoms with Crippen LogP contribution in [0.4, 0.5) is 4.39 Å². The first-order chi connectivity index (χ1) is 8.24. The molecule has 0 atom stereocenters. The fourth-order valence-electron chi connectivity index (χ4n) is 1.61. The van der Waals surface area contributed by atoms with Gasteiger partial charge in [-0.25, -0.2) is 4.39 Å². The van der Waals surface area contributed by atoms with Crippen molar-refractivity contribution in [3.05, 3.63) is 56.4 Å². The number of hydrogen-bond acceptors (Lipinski definition) is 2. The Morgan fingerprint density at radius 2 is 2.12 bits per heavy atom. The van der Waals surface area contributed by atoms with Crippen LogP contribution < -0.4 is 5.32 Å². The van der Waals surface area contributed by atoms with Gasteiger partial charge < -0.3 is 5.32 Å². The summed E-state index contributed by atoms with van der Waals surface area (Å²) < 4.78 is 13.9. The summed E-state index contributed by atoms with van der Waals surface area (Å²) in [4.78, 5) is 0. The molecule has 1 nitrogen and oxygen atoms in total. The summed E-state index contributed by atoms with van der Waals surface area (Å²) in [5, 5.41) is 7.55. The van der Waals surface area contributed by atoms with Gasteiger partial charge in [-0.05, 0) is 59.1 Å². The molecule has 0 unspecified atom stereocenters. The highest BCUT2D eigenvalue weighted by Crippen LogP contribution is 2.14. The minimum absolute atomic E-state index is 0.200. The van der Waals surface area contributed by atoms with Gasteiger partial charge in [-0.2, -0.15) is 11.3 Å². The second-order valence-corrected chi connectivity index (χ2v) is 5.53. The van der Waals surface area contributed by atoms with Gasteiger partial charge >= 0.3 is 0 Å². The van der Waals surface area contributed by atoms with E-state index in [1.54, 1.807) is 17.4 Å². The molecular formula is C13H13BrFNS. The standard InChI is InChI=1S/C13H13BrFNS/c14-12-5-11(6-13(15)7-12)8-16-3-1-10-2-4-17-9-10/h2,4-7,9,16H,1,3,8H2. The number of benzene rings is 1. The van der Waals surface area contributed by atoms with Crippen molar-refractivity contribution in [3.8, 4) is 0 Å². The lowest BCUT2D eigenvalue weighted by molar-refractivity contribution is 0.619. The maximum atomic E-state index is 13.1. The van der Waals surface area contributed by atoms with Crippen LogP contribution in [0.25, 0.3) is 0 Å². The Bertz CT molecular complexity index is 450. The van der Waals surface area contributed by atoms with E-state index < -0.39 is 0 Å². The first kappa shape index (κ1) is 12.7. The second-order valence-electron chi connectivity index (χ2n) is 3.84. The number of thiophene rings is 1. The molecular weight excluding hydrogens is 301 g/mol. The van der Waals surface area contributed by atoms with Gasteiger partial charge in [0, 0.05) is 11.0 Å². The van der Waals surface area contributed by atoms with Crippen molar-refractivity contribution < 1.29 is 4.39 Å². The highest BCUT2D eigenvalue weighted by molar-refractivity contribution is 9.10. The third kappa shape index (κ3) is 4.22. The molecule has 1 heterocycles. The Balaban J connectivity index is 1.78. The van der Waals surface area contributed by atoms with E-state index in [0.29, 0.717) is 6.54 Å². The topological polar surface area (TPSA) is 12.0 Å². The molecule has 0 saturated carbocycles. The number of nitrogens with one attached hydrogen (secondary N) is 1. The molecule has 0 spiro atoms. The lowest BCUT2D eigenvalue weighted by Gasteiger charge is -2.05. The molecule has 90 valence electrons. The minimum atomic E-state index is -0.200. The van der Waals surface area contributed by atoms with Gasteiger partial charge in [0.05, 0.1) is 0 Å². The van der Waals surface area contributed by atoms with Gasteiger partial charge in [-0.15, -0.1) is 0 Å². The molecule has 0 fully saturated rings. The van der Waals surface area contributed by atoms with Crippen LogP contribution in [0.3, 0.4) is 0 Å². The first-order valence-corrected chi connectivity index (χ1v) is 7.14. The van der Waals surface area contributed by atoms with E-state index in [-0.39, 0.29) is 5.82 Å². The van der Waals surface area contributed by atoms with Gasteiger partial charge in [0.1, 0.15) is 5.82 Å².